The van der Waals surface area contributed by atoms with Crippen molar-refractivity contribution < 1.29 is 23.5 Å². The van der Waals surface area contributed by atoms with Crippen LogP contribution in [0.15, 0.2) is 54.1 Å². The molecule has 0 aliphatic heterocycles. The molecule has 3 fully saturated rings. The number of allylic oxidation sites excluding steroid dienone is 4. The Labute approximate surface area is 239 Å². The van der Waals surface area contributed by atoms with E-state index in [4.69, 9.17) is 0 Å². The number of carbonyl (C=O) groups excluding carboxylic acids is 2. The number of Topliss-reactive ketones (excluding diaryl/α,β-unsaturated/α-hetero) is 1. The molecule has 4 nitrogen and oxygen atoms in total. The van der Waals surface area contributed by atoms with E-state index in [1.54, 1.807) is 6.92 Å². The van der Waals surface area contributed by atoms with E-state index in [1.165, 1.54) is 23.8 Å². The first-order chi connectivity index (χ1) is 19.0. The van der Waals surface area contributed by atoms with Crippen LogP contribution >= 0.6 is 9.39 Å². The van der Waals surface area contributed by atoms with Crippen LogP contribution in [0, 0.1) is 34.5 Å². The average Bonchev–Trinajstić information content (AvgIpc) is 3.19. The van der Waals surface area contributed by atoms with Crippen molar-refractivity contribution in [1.82, 2.24) is 4.67 Å². The lowest BCUT2D eigenvalue weighted by atomic mass is 9.44. The van der Waals surface area contributed by atoms with Crippen molar-refractivity contribution >= 4 is 21.0 Å². The third kappa shape index (κ3) is 4.76. The second-order valence-electron chi connectivity index (χ2n) is 13.2. The number of hydrogen-bond acceptors (Lipinski definition) is 4. The van der Waals surface area contributed by atoms with E-state index in [2.05, 4.69) is 26.2 Å². The molecular weight excluding hydrogens is 527 g/mol. The van der Waals surface area contributed by atoms with Crippen molar-refractivity contribution in [3.05, 3.63) is 59.7 Å². The third-order valence-corrected chi connectivity index (χ3v) is 11.3. The van der Waals surface area contributed by atoms with Crippen LogP contribution in [-0.4, -0.2) is 52.4 Å². The maximum Gasteiger partial charge on any atom is 0.178 e. The molecule has 1 aromatic carbocycles. The quantitative estimate of drug-likeness (QED) is 0.357. The first-order valence-corrected chi connectivity index (χ1v) is 15.5. The summed E-state index contributed by atoms with van der Waals surface area (Å²) in [6, 6.07) is 10.4. The third-order valence-electron chi connectivity index (χ3n) is 10.9. The molecule has 40 heavy (non-hydrogen) atoms. The van der Waals surface area contributed by atoms with Crippen molar-refractivity contribution in [2.75, 3.05) is 13.1 Å². The maximum atomic E-state index is 17.5. The molecule has 0 spiro atoms. The van der Waals surface area contributed by atoms with Crippen molar-refractivity contribution in [3.8, 4) is 0 Å². The molecule has 218 valence electrons. The van der Waals surface area contributed by atoms with Gasteiger partial charge in [0.25, 0.3) is 0 Å². The molecule has 0 bridgehead atoms. The lowest BCUT2D eigenvalue weighted by Crippen LogP contribution is -2.68. The number of benzene rings is 1. The monoisotopic (exact) mass is 571 g/mol. The maximum absolute atomic E-state index is 17.5. The smallest absolute Gasteiger partial charge is 0.178 e. The number of aryl methyl sites for hydroxylation is 1. The molecule has 4 aliphatic rings. The number of carbonyl (C=O) groups is 2. The number of rotatable bonds is 9. The van der Waals surface area contributed by atoms with Crippen molar-refractivity contribution in [2.24, 2.45) is 34.5 Å². The normalized spacial score (nSPS) is 40.4. The number of aliphatic hydroxyl groups excluding tert-OH is 1. The van der Waals surface area contributed by atoms with Gasteiger partial charge >= 0.3 is 0 Å². The molecule has 5 rings (SSSR count). The van der Waals surface area contributed by atoms with E-state index in [0.717, 1.165) is 25.8 Å². The minimum absolute atomic E-state index is 0.00380. The number of nitrogens with zero attached hydrogens (tertiary/aromatic N) is 1. The number of fused-ring (bicyclic) bond motifs is 5. The fraction of sp³-hybridized carbons (Fsp3) is 0.636. The second kappa shape index (κ2) is 11.2. The Bertz CT molecular complexity index is 1190. The van der Waals surface area contributed by atoms with Crippen LogP contribution in [0.3, 0.4) is 0 Å². The number of halogens is 2. The first kappa shape index (κ1) is 29.7. The largest absolute Gasteiger partial charge is 0.390 e. The molecule has 0 heterocycles. The van der Waals surface area contributed by atoms with E-state index < -0.39 is 34.7 Å². The van der Waals surface area contributed by atoms with Gasteiger partial charge in [-0.15, -0.1) is 0 Å². The summed E-state index contributed by atoms with van der Waals surface area (Å²) in [5.41, 5.74) is -2.67. The molecule has 10 unspecified atom stereocenters. The Morgan fingerprint density at radius 2 is 1.90 bits per heavy atom. The van der Waals surface area contributed by atoms with Gasteiger partial charge in [-0.05, 0) is 86.0 Å². The number of hydrogen-bond donors (Lipinski definition) is 1. The van der Waals surface area contributed by atoms with Gasteiger partial charge in [0, 0.05) is 36.8 Å². The zero-order valence-electron chi connectivity index (χ0n) is 24.0. The average molecular weight is 572 g/mol. The van der Waals surface area contributed by atoms with E-state index in [1.807, 2.05) is 32.0 Å². The van der Waals surface area contributed by atoms with Crippen LogP contribution in [0.2, 0.25) is 0 Å². The molecule has 3 saturated carbocycles. The fourth-order valence-electron chi connectivity index (χ4n) is 9.12. The molecular formula is C33H44F2NO3P. The van der Waals surface area contributed by atoms with Crippen molar-refractivity contribution in [1.29, 1.82) is 0 Å². The van der Waals surface area contributed by atoms with E-state index in [0.29, 0.717) is 19.4 Å². The molecule has 0 saturated heterocycles. The summed E-state index contributed by atoms with van der Waals surface area (Å²) in [7, 11) is 2.82. The van der Waals surface area contributed by atoms with E-state index in [-0.39, 0.29) is 47.7 Å². The van der Waals surface area contributed by atoms with Crippen LogP contribution < -0.4 is 0 Å². The van der Waals surface area contributed by atoms with Crippen molar-refractivity contribution in [3.63, 3.8) is 0 Å². The lowest BCUT2D eigenvalue weighted by Gasteiger charge is -2.62. The van der Waals surface area contributed by atoms with E-state index >= 15 is 8.78 Å². The Balaban J connectivity index is 1.42. The van der Waals surface area contributed by atoms with Gasteiger partial charge in [0.05, 0.1) is 6.10 Å². The highest BCUT2D eigenvalue weighted by atomic mass is 31.0. The second-order valence-corrected chi connectivity index (χ2v) is 14.0. The van der Waals surface area contributed by atoms with Gasteiger partial charge in [0.1, 0.15) is 12.0 Å². The van der Waals surface area contributed by atoms with Crippen LogP contribution in [-0.2, 0) is 16.0 Å². The van der Waals surface area contributed by atoms with Crippen LogP contribution in [0.4, 0.5) is 8.78 Å². The highest BCUT2D eigenvalue weighted by molar-refractivity contribution is 7.13. The van der Waals surface area contributed by atoms with Gasteiger partial charge in [0.15, 0.2) is 11.5 Å². The van der Waals surface area contributed by atoms with Gasteiger partial charge < -0.3 is 5.11 Å². The predicted octanol–water partition coefficient (Wildman–Crippen LogP) is 6.24. The fourth-order valence-corrected chi connectivity index (χ4v) is 9.58. The Morgan fingerprint density at radius 1 is 1.18 bits per heavy atom. The molecule has 0 amide bonds. The van der Waals surface area contributed by atoms with Gasteiger partial charge in [-0.25, -0.2) is 8.78 Å². The van der Waals surface area contributed by atoms with Crippen LogP contribution in [0.5, 0.6) is 0 Å². The molecule has 1 N–H and O–H groups in total. The zero-order valence-corrected chi connectivity index (χ0v) is 25.1. The summed E-state index contributed by atoms with van der Waals surface area (Å²) < 4.78 is 35.5. The molecule has 10 atom stereocenters. The first-order valence-electron chi connectivity index (χ1n) is 15.0. The number of alkyl halides is 2. The zero-order chi connectivity index (χ0) is 28.9. The molecule has 0 radical (unpaired) electrons. The van der Waals surface area contributed by atoms with Gasteiger partial charge in [-0.2, -0.15) is 0 Å². The molecule has 4 aliphatic carbocycles. The Hall–Kier alpha value is -1.75. The molecule has 0 aromatic heterocycles. The molecule has 7 heteroatoms. The summed E-state index contributed by atoms with van der Waals surface area (Å²) in [6.07, 6.45) is 5.08. The summed E-state index contributed by atoms with van der Waals surface area (Å²) in [5, 5.41) is 11.6. The molecule has 1 aromatic rings. The van der Waals surface area contributed by atoms with Crippen LogP contribution in [0.25, 0.3) is 0 Å². The lowest BCUT2D eigenvalue weighted by molar-refractivity contribution is -0.202. The SMILES string of the molecule is CCCC(=O)C1C(CN(P)CCCc2ccccc2)CC2C3CC(F)C4=CC(=O)C=CC4(C)C3(F)C(O)CC21C. The van der Waals surface area contributed by atoms with Crippen molar-refractivity contribution in [2.45, 2.75) is 83.7 Å². The topological polar surface area (TPSA) is 57.6 Å². The standard InChI is InChI=1S/C33H44F2NO3P/c1-4-9-28(38)30-22(20-36(40)15-8-12-21-10-6-5-7-11-21)16-24-25-18-27(34)26-17-23(37)13-14-32(26,3)33(25,35)29(39)19-31(24,30)2/h5-7,10-11,13-14,17,22,24-25,27,29-30,39H,4,8-9,12,15-16,18-20,40H2,1-3H3. The Morgan fingerprint density at radius 3 is 2.60 bits per heavy atom. The Kier molecular flexibility index (Phi) is 8.29. The summed E-state index contributed by atoms with van der Waals surface area (Å²) in [6.45, 7) is 7.21. The van der Waals surface area contributed by atoms with Gasteiger partial charge in [-0.1, -0.05) is 59.6 Å². The number of ketones is 2. The highest BCUT2D eigenvalue weighted by Crippen LogP contribution is 2.70. The van der Waals surface area contributed by atoms with Crippen LogP contribution in [0.1, 0.15) is 64.9 Å². The highest BCUT2D eigenvalue weighted by Gasteiger charge is 2.73. The summed E-state index contributed by atoms with van der Waals surface area (Å²) >= 11 is 0. The van der Waals surface area contributed by atoms with Gasteiger partial charge in [-0.3, -0.25) is 14.3 Å². The predicted molar refractivity (Wildman–Crippen MR) is 157 cm³/mol. The number of aliphatic hydroxyl groups is 1. The summed E-state index contributed by atoms with van der Waals surface area (Å²) in [5.74, 6) is -1.44. The minimum Gasteiger partial charge on any atom is -0.390 e. The summed E-state index contributed by atoms with van der Waals surface area (Å²) in [4.78, 5) is 25.8. The van der Waals surface area contributed by atoms with E-state index in [9.17, 15) is 14.7 Å². The van der Waals surface area contributed by atoms with Gasteiger partial charge in [0.2, 0.25) is 0 Å². The minimum atomic E-state index is -2.10.